The highest BCUT2D eigenvalue weighted by molar-refractivity contribution is 7.94. The molecule has 8 heteroatoms. The SMILES string of the molecule is C=CCC1[C@@](C)(c2cc([N+](=O)[O-])ccc2F)N=C(C)C(C)(C)S1(=O)=O. The highest BCUT2D eigenvalue weighted by Crippen LogP contribution is 2.45. The van der Waals surface area contributed by atoms with Crippen LogP contribution in [0.15, 0.2) is 35.8 Å². The van der Waals surface area contributed by atoms with E-state index < -0.39 is 36.1 Å². The van der Waals surface area contributed by atoms with Crippen molar-refractivity contribution in [1.82, 2.24) is 0 Å². The van der Waals surface area contributed by atoms with Gasteiger partial charge in [0.1, 0.15) is 16.1 Å². The van der Waals surface area contributed by atoms with E-state index in [0.29, 0.717) is 5.71 Å². The average molecular weight is 368 g/mol. The van der Waals surface area contributed by atoms with Crippen molar-refractivity contribution in [2.75, 3.05) is 0 Å². The number of nitro benzene ring substituents is 1. The van der Waals surface area contributed by atoms with Gasteiger partial charge in [-0.1, -0.05) is 6.08 Å². The lowest BCUT2D eigenvalue weighted by molar-refractivity contribution is -0.385. The largest absolute Gasteiger partial charge is 0.280 e. The molecule has 0 saturated carbocycles. The molecule has 1 aromatic rings. The zero-order chi connectivity index (χ0) is 19.2. The van der Waals surface area contributed by atoms with E-state index >= 15 is 0 Å². The zero-order valence-electron chi connectivity index (χ0n) is 14.6. The smallest absolute Gasteiger partial charge is 0.270 e. The summed E-state index contributed by atoms with van der Waals surface area (Å²) in [7, 11) is -3.76. The van der Waals surface area contributed by atoms with Gasteiger partial charge >= 0.3 is 0 Å². The molecule has 0 amide bonds. The summed E-state index contributed by atoms with van der Waals surface area (Å²) in [5.41, 5.74) is -1.57. The van der Waals surface area contributed by atoms with E-state index in [2.05, 4.69) is 11.6 Å². The van der Waals surface area contributed by atoms with E-state index in [1.165, 1.54) is 13.0 Å². The maximum atomic E-state index is 14.5. The highest BCUT2D eigenvalue weighted by atomic mass is 32.2. The number of non-ortho nitro benzene ring substituents is 1. The Labute approximate surface area is 146 Å². The quantitative estimate of drug-likeness (QED) is 0.462. The summed E-state index contributed by atoms with van der Waals surface area (Å²) < 4.78 is 39.7. The molecule has 1 aliphatic heterocycles. The van der Waals surface area contributed by atoms with E-state index in [-0.39, 0.29) is 17.7 Å². The molecule has 0 N–H and O–H groups in total. The van der Waals surface area contributed by atoms with Gasteiger partial charge in [0.05, 0.1) is 10.2 Å². The van der Waals surface area contributed by atoms with Crippen LogP contribution in [-0.4, -0.2) is 29.0 Å². The third kappa shape index (κ3) is 2.78. The van der Waals surface area contributed by atoms with Crippen molar-refractivity contribution < 1.29 is 17.7 Å². The lowest BCUT2D eigenvalue weighted by Gasteiger charge is -2.44. The Morgan fingerprint density at radius 2 is 2.00 bits per heavy atom. The number of aliphatic imine (C=N–C) groups is 1. The van der Waals surface area contributed by atoms with Crippen molar-refractivity contribution in [2.24, 2.45) is 4.99 Å². The standard InChI is InChI=1S/C17H21FN2O4S/c1-6-7-15-17(5,19-11(2)16(3,4)25(15,23)24)13-10-12(20(21)22)8-9-14(13)18/h6,8-10,15H,1,7H2,2-5H3/t15?,17-/m1/s1. The molecule has 0 aromatic heterocycles. The normalized spacial score (nSPS) is 27.4. The van der Waals surface area contributed by atoms with Crippen molar-refractivity contribution in [2.45, 2.75) is 49.7 Å². The number of allylic oxidation sites excluding steroid dienone is 1. The number of benzene rings is 1. The topological polar surface area (TPSA) is 89.6 Å². The van der Waals surface area contributed by atoms with Crippen molar-refractivity contribution in [1.29, 1.82) is 0 Å². The summed E-state index contributed by atoms with van der Waals surface area (Å²) in [5, 5.41) is 9.99. The number of rotatable bonds is 4. The predicted octanol–water partition coefficient (Wildman–Crippen LogP) is 3.56. The van der Waals surface area contributed by atoms with Gasteiger partial charge in [-0.25, -0.2) is 12.8 Å². The number of hydrogen-bond acceptors (Lipinski definition) is 5. The monoisotopic (exact) mass is 368 g/mol. The Bertz CT molecular complexity index is 877. The zero-order valence-corrected chi connectivity index (χ0v) is 15.4. The Morgan fingerprint density at radius 1 is 1.40 bits per heavy atom. The maximum Gasteiger partial charge on any atom is 0.270 e. The molecule has 2 rings (SSSR count). The Hall–Kier alpha value is -2.09. The molecule has 136 valence electrons. The van der Waals surface area contributed by atoms with E-state index in [9.17, 15) is 22.9 Å². The molecule has 1 unspecified atom stereocenters. The van der Waals surface area contributed by atoms with Crippen LogP contribution in [-0.2, 0) is 15.4 Å². The second kappa shape index (κ2) is 6.01. The van der Waals surface area contributed by atoms with E-state index in [4.69, 9.17) is 0 Å². The van der Waals surface area contributed by atoms with Crippen LogP contribution in [0.5, 0.6) is 0 Å². The molecule has 0 aliphatic carbocycles. The Kier molecular flexibility index (Phi) is 4.63. The lowest BCUT2D eigenvalue weighted by Crippen LogP contribution is -2.56. The minimum Gasteiger partial charge on any atom is -0.280 e. The lowest BCUT2D eigenvalue weighted by atomic mass is 9.85. The number of hydrogen-bond donors (Lipinski definition) is 0. The van der Waals surface area contributed by atoms with Crippen molar-refractivity contribution >= 4 is 21.2 Å². The third-order valence-corrected chi connectivity index (χ3v) is 8.19. The first-order chi connectivity index (χ1) is 11.4. The molecule has 1 aliphatic rings. The number of halogens is 1. The van der Waals surface area contributed by atoms with E-state index in [1.807, 2.05) is 0 Å². The van der Waals surface area contributed by atoms with Crippen molar-refractivity contribution in [3.63, 3.8) is 0 Å². The Balaban J connectivity index is 2.85. The first-order valence-corrected chi connectivity index (χ1v) is 9.30. The van der Waals surface area contributed by atoms with Gasteiger partial charge in [-0.15, -0.1) is 6.58 Å². The van der Waals surface area contributed by atoms with Gasteiger partial charge in [0, 0.05) is 23.4 Å². The van der Waals surface area contributed by atoms with Crippen LogP contribution in [0.3, 0.4) is 0 Å². The second-order valence-corrected chi connectivity index (χ2v) is 9.51. The van der Waals surface area contributed by atoms with Gasteiger partial charge in [-0.3, -0.25) is 15.1 Å². The van der Waals surface area contributed by atoms with Gasteiger partial charge in [0.15, 0.2) is 9.84 Å². The molecule has 25 heavy (non-hydrogen) atoms. The summed E-state index contributed by atoms with van der Waals surface area (Å²) in [6, 6.07) is 3.08. The molecular weight excluding hydrogens is 347 g/mol. The number of nitrogens with zero attached hydrogens (tertiary/aromatic N) is 2. The molecule has 0 fully saturated rings. The van der Waals surface area contributed by atoms with Crippen LogP contribution in [0.25, 0.3) is 0 Å². The summed E-state index contributed by atoms with van der Waals surface area (Å²) in [6.07, 6.45) is 1.50. The van der Waals surface area contributed by atoms with Gasteiger partial charge in [0.2, 0.25) is 0 Å². The fourth-order valence-corrected chi connectivity index (χ4v) is 5.52. The van der Waals surface area contributed by atoms with Crippen molar-refractivity contribution in [3.05, 3.63) is 52.3 Å². The van der Waals surface area contributed by atoms with Gasteiger partial charge in [-0.05, 0) is 40.2 Å². The molecule has 1 heterocycles. The van der Waals surface area contributed by atoms with Crippen LogP contribution in [0.1, 0.15) is 39.7 Å². The first kappa shape index (κ1) is 19.2. The summed E-state index contributed by atoms with van der Waals surface area (Å²) in [4.78, 5) is 14.9. The number of sulfone groups is 1. The fourth-order valence-electron chi connectivity index (χ4n) is 3.17. The summed E-state index contributed by atoms with van der Waals surface area (Å²) in [5.74, 6) is -0.728. The van der Waals surface area contributed by atoms with Crippen LogP contribution in [0, 0.1) is 15.9 Å². The third-order valence-electron chi connectivity index (χ3n) is 5.07. The van der Waals surface area contributed by atoms with Crippen LogP contribution in [0.4, 0.5) is 10.1 Å². The van der Waals surface area contributed by atoms with E-state index in [0.717, 1.165) is 18.2 Å². The summed E-state index contributed by atoms with van der Waals surface area (Å²) >= 11 is 0. The first-order valence-electron chi connectivity index (χ1n) is 7.75. The van der Waals surface area contributed by atoms with Crippen molar-refractivity contribution in [3.8, 4) is 0 Å². The average Bonchev–Trinajstić information content (AvgIpc) is 2.50. The molecule has 1 aromatic carbocycles. The van der Waals surface area contributed by atoms with Crippen LogP contribution in [0.2, 0.25) is 0 Å². The van der Waals surface area contributed by atoms with E-state index in [1.54, 1.807) is 20.8 Å². The summed E-state index contributed by atoms with van der Waals surface area (Å²) in [6.45, 7) is 9.79. The number of nitro groups is 1. The van der Waals surface area contributed by atoms with Gasteiger partial charge in [-0.2, -0.15) is 0 Å². The van der Waals surface area contributed by atoms with Crippen LogP contribution < -0.4 is 0 Å². The fraction of sp³-hybridized carbons (Fsp3) is 0.471. The molecule has 2 atom stereocenters. The molecular formula is C17H21FN2O4S. The Morgan fingerprint density at radius 3 is 2.52 bits per heavy atom. The molecule has 0 spiro atoms. The molecule has 0 saturated heterocycles. The minimum absolute atomic E-state index is 0.0567. The molecule has 6 nitrogen and oxygen atoms in total. The van der Waals surface area contributed by atoms with Gasteiger partial charge < -0.3 is 0 Å². The predicted molar refractivity (Wildman–Crippen MR) is 95.1 cm³/mol. The maximum absolute atomic E-state index is 14.5. The van der Waals surface area contributed by atoms with Crippen LogP contribution >= 0.6 is 0 Å². The second-order valence-electron chi connectivity index (χ2n) is 6.83. The minimum atomic E-state index is -3.76. The molecule has 0 bridgehead atoms. The highest BCUT2D eigenvalue weighted by Gasteiger charge is 2.55. The van der Waals surface area contributed by atoms with Gasteiger partial charge in [0.25, 0.3) is 5.69 Å². The molecule has 0 radical (unpaired) electrons.